The summed E-state index contributed by atoms with van der Waals surface area (Å²) in [4.78, 5) is 2.28. The maximum atomic E-state index is 9.68. The molecule has 0 atom stereocenters. The number of benzene rings is 6. The van der Waals surface area contributed by atoms with E-state index in [9.17, 15) is 5.11 Å². The molecule has 6 aromatic carbocycles. The summed E-state index contributed by atoms with van der Waals surface area (Å²) in [5.74, 6) is 1.12. The summed E-state index contributed by atoms with van der Waals surface area (Å²) >= 11 is 0. The molecule has 0 heterocycles. The number of hydrogen-bond acceptors (Lipinski definition) is 3. The van der Waals surface area contributed by atoms with Gasteiger partial charge in [0.1, 0.15) is 11.5 Å². The van der Waals surface area contributed by atoms with Gasteiger partial charge in [-0.05, 0) is 101 Å². The van der Waals surface area contributed by atoms with Gasteiger partial charge in [0.05, 0.1) is 7.11 Å². The third kappa shape index (κ3) is 5.70. The zero-order valence-corrected chi connectivity index (χ0v) is 23.2. The Hall–Kier alpha value is -5.28. The van der Waals surface area contributed by atoms with Gasteiger partial charge < -0.3 is 14.7 Å². The van der Waals surface area contributed by atoms with E-state index in [0.29, 0.717) is 0 Å². The maximum Gasteiger partial charge on any atom is 0.118 e. The maximum absolute atomic E-state index is 9.68. The Morgan fingerprint density at radius 1 is 0.415 bits per heavy atom. The summed E-state index contributed by atoms with van der Waals surface area (Å²) in [6, 6.07) is 50.0. The van der Waals surface area contributed by atoms with Crippen molar-refractivity contribution in [2.45, 2.75) is 6.92 Å². The molecule has 3 heteroatoms. The van der Waals surface area contributed by atoms with Crippen molar-refractivity contribution in [1.29, 1.82) is 0 Å². The predicted molar refractivity (Wildman–Crippen MR) is 170 cm³/mol. The molecule has 0 spiro atoms. The van der Waals surface area contributed by atoms with E-state index in [4.69, 9.17) is 4.74 Å². The molecule has 0 amide bonds. The molecule has 0 saturated heterocycles. The van der Waals surface area contributed by atoms with E-state index < -0.39 is 0 Å². The lowest BCUT2D eigenvalue weighted by atomic mass is 10.0. The topological polar surface area (TPSA) is 32.7 Å². The lowest BCUT2D eigenvalue weighted by Gasteiger charge is -2.26. The second-order valence-electron chi connectivity index (χ2n) is 10.1. The van der Waals surface area contributed by atoms with Crippen LogP contribution < -0.4 is 9.64 Å². The van der Waals surface area contributed by atoms with Gasteiger partial charge in [-0.3, -0.25) is 0 Å². The first-order chi connectivity index (χ1) is 20.1. The minimum absolute atomic E-state index is 0.267. The highest BCUT2D eigenvalue weighted by atomic mass is 16.5. The number of phenols is 1. The summed E-state index contributed by atoms with van der Waals surface area (Å²) in [7, 11) is 1.68. The third-order valence-corrected chi connectivity index (χ3v) is 7.39. The Morgan fingerprint density at radius 3 is 1.05 bits per heavy atom. The van der Waals surface area contributed by atoms with Crippen LogP contribution in [0.2, 0.25) is 0 Å². The molecule has 0 unspecified atom stereocenters. The Balaban J connectivity index is 1.36. The number of nitrogens with zero attached hydrogens (tertiary/aromatic N) is 1. The predicted octanol–water partition coefficient (Wildman–Crippen LogP) is 10.2. The third-order valence-electron chi connectivity index (χ3n) is 7.39. The number of ether oxygens (including phenoxy) is 1. The average Bonchev–Trinajstić information content (AvgIpc) is 3.03. The number of phenolic OH excluding ortho intramolecular Hbond substituents is 1. The highest BCUT2D eigenvalue weighted by molar-refractivity contribution is 5.81. The number of aromatic hydroxyl groups is 1. The molecule has 0 aromatic heterocycles. The van der Waals surface area contributed by atoms with Crippen molar-refractivity contribution in [3.63, 3.8) is 0 Å². The van der Waals surface area contributed by atoms with E-state index in [1.165, 1.54) is 16.7 Å². The lowest BCUT2D eigenvalue weighted by molar-refractivity contribution is 0.415. The van der Waals surface area contributed by atoms with Crippen LogP contribution in [0.3, 0.4) is 0 Å². The SMILES string of the molecule is COc1ccc(-c2ccc(N(c3ccc(-c4ccc(C)cc4)cc3)c3ccc(-c4ccc(O)cc4)cc3)cc2)cc1. The molecule has 0 bridgehead atoms. The second kappa shape index (κ2) is 11.4. The first-order valence-corrected chi connectivity index (χ1v) is 13.7. The smallest absolute Gasteiger partial charge is 0.118 e. The molecule has 0 saturated carbocycles. The number of methoxy groups -OCH3 is 1. The zero-order chi connectivity index (χ0) is 28.2. The molecule has 0 aliphatic rings. The van der Waals surface area contributed by atoms with Crippen molar-refractivity contribution in [1.82, 2.24) is 0 Å². The van der Waals surface area contributed by atoms with Crippen LogP contribution >= 0.6 is 0 Å². The van der Waals surface area contributed by atoms with Crippen molar-refractivity contribution in [2.24, 2.45) is 0 Å². The monoisotopic (exact) mass is 533 g/mol. The molecule has 200 valence electrons. The van der Waals surface area contributed by atoms with Crippen molar-refractivity contribution in [3.8, 4) is 44.9 Å². The van der Waals surface area contributed by atoms with Gasteiger partial charge in [0.15, 0.2) is 0 Å². The first-order valence-electron chi connectivity index (χ1n) is 13.7. The van der Waals surface area contributed by atoms with E-state index in [0.717, 1.165) is 45.1 Å². The number of anilines is 3. The van der Waals surface area contributed by atoms with Crippen LogP contribution in [0.4, 0.5) is 17.1 Å². The van der Waals surface area contributed by atoms with Gasteiger partial charge in [0.2, 0.25) is 0 Å². The largest absolute Gasteiger partial charge is 0.508 e. The van der Waals surface area contributed by atoms with E-state index in [1.54, 1.807) is 19.2 Å². The first kappa shape index (κ1) is 26.0. The Kier molecular flexibility index (Phi) is 7.25. The van der Waals surface area contributed by atoms with Crippen molar-refractivity contribution in [2.75, 3.05) is 12.0 Å². The fourth-order valence-electron chi connectivity index (χ4n) is 5.04. The van der Waals surface area contributed by atoms with Crippen molar-refractivity contribution >= 4 is 17.1 Å². The van der Waals surface area contributed by atoms with E-state index >= 15 is 0 Å². The summed E-state index contributed by atoms with van der Waals surface area (Å²) in [6.45, 7) is 2.11. The summed E-state index contributed by atoms with van der Waals surface area (Å²) in [6.07, 6.45) is 0. The van der Waals surface area contributed by atoms with Gasteiger partial charge in [0.25, 0.3) is 0 Å². The van der Waals surface area contributed by atoms with Gasteiger partial charge >= 0.3 is 0 Å². The molecule has 0 aliphatic carbocycles. The van der Waals surface area contributed by atoms with Gasteiger partial charge in [-0.2, -0.15) is 0 Å². The highest BCUT2D eigenvalue weighted by Crippen LogP contribution is 2.38. The fourth-order valence-corrected chi connectivity index (χ4v) is 5.04. The van der Waals surface area contributed by atoms with Gasteiger partial charge in [-0.1, -0.05) is 90.5 Å². The highest BCUT2D eigenvalue weighted by Gasteiger charge is 2.14. The molecule has 0 fully saturated rings. The Labute approximate surface area is 241 Å². The van der Waals surface area contributed by atoms with Gasteiger partial charge in [-0.25, -0.2) is 0 Å². The molecule has 0 aliphatic heterocycles. The van der Waals surface area contributed by atoms with E-state index in [1.807, 2.05) is 24.3 Å². The second-order valence-corrected chi connectivity index (χ2v) is 10.1. The van der Waals surface area contributed by atoms with Gasteiger partial charge in [-0.15, -0.1) is 0 Å². The number of rotatable bonds is 7. The average molecular weight is 534 g/mol. The van der Waals surface area contributed by atoms with Crippen LogP contribution in [0.5, 0.6) is 11.5 Å². The number of aryl methyl sites for hydroxylation is 1. The van der Waals surface area contributed by atoms with E-state index in [-0.39, 0.29) is 5.75 Å². The van der Waals surface area contributed by atoms with Crippen LogP contribution in [0.25, 0.3) is 33.4 Å². The zero-order valence-electron chi connectivity index (χ0n) is 23.2. The molecular weight excluding hydrogens is 502 g/mol. The van der Waals surface area contributed by atoms with E-state index in [2.05, 4.69) is 121 Å². The molecule has 1 N–H and O–H groups in total. The van der Waals surface area contributed by atoms with Crippen molar-refractivity contribution < 1.29 is 9.84 Å². The molecule has 6 rings (SSSR count). The Bertz CT molecular complexity index is 1630. The minimum atomic E-state index is 0.267. The quantitative estimate of drug-likeness (QED) is 0.222. The van der Waals surface area contributed by atoms with Crippen LogP contribution in [0.1, 0.15) is 5.56 Å². The summed E-state index contributed by atoms with van der Waals surface area (Å²) in [5.41, 5.74) is 11.3. The van der Waals surface area contributed by atoms with Gasteiger partial charge in [0, 0.05) is 17.1 Å². The van der Waals surface area contributed by atoms with Crippen LogP contribution in [-0.2, 0) is 0 Å². The summed E-state index contributed by atoms with van der Waals surface area (Å²) < 4.78 is 5.32. The Morgan fingerprint density at radius 2 is 0.707 bits per heavy atom. The number of hydrogen-bond donors (Lipinski definition) is 1. The normalized spacial score (nSPS) is 10.8. The molecular formula is C38H31NO2. The standard InChI is InChI=1S/C38H31NO2/c1-27-3-5-28(6-4-27)29-7-17-34(18-8-29)39(35-19-9-30(10-20-35)32-13-23-37(40)24-14-32)36-21-11-31(12-22-36)33-15-25-38(41-2)26-16-33/h3-26,40H,1-2H3. The molecule has 41 heavy (non-hydrogen) atoms. The molecule has 3 nitrogen and oxygen atoms in total. The van der Waals surface area contributed by atoms with Crippen LogP contribution in [-0.4, -0.2) is 12.2 Å². The minimum Gasteiger partial charge on any atom is -0.508 e. The molecule has 6 aromatic rings. The molecule has 0 radical (unpaired) electrons. The fraction of sp³-hybridized carbons (Fsp3) is 0.0526. The van der Waals surface area contributed by atoms with Crippen molar-refractivity contribution in [3.05, 3.63) is 151 Å². The van der Waals surface area contributed by atoms with Crippen LogP contribution in [0, 0.1) is 6.92 Å². The summed E-state index contributed by atoms with van der Waals surface area (Å²) in [5, 5.41) is 9.68. The van der Waals surface area contributed by atoms with Crippen LogP contribution in [0.15, 0.2) is 146 Å². The lowest BCUT2D eigenvalue weighted by Crippen LogP contribution is -2.09.